The molecule has 0 aliphatic heterocycles. The van der Waals surface area contributed by atoms with Crippen LogP contribution >= 0.6 is 0 Å². The molecule has 0 unspecified atom stereocenters. The number of aryl methyl sites for hydroxylation is 2. The molecule has 0 atom stereocenters. The predicted molar refractivity (Wildman–Crippen MR) is 54.1 cm³/mol. The molecule has 0 saturated carbocycles. The third-order valence-corrected chi connectivity index (χ3v) is 2.10. The van der Waals surface area contributed by atoms with Crippen LogP contribution in [0.15, 0.2) is 12.3 Å². The molecule has 0 saturated heterocycles. The van der Waals surface area contributed by atoms with Gasteiger partial charge in [0.2, 0.25) is 5.88 Å². The van der Waals surface area contributed by atoms with Crippen LogP contribution in [0.1, 0.15) is 30.9 Å². The van der Waals surface area contributed by atoms with Crippen LogP contribution in [0.5, 0.6) is 5.88 Å². The highest BCUT2D eigenvalue weighted by atomic mass is 16.5. The summed E-state index contributed by atoms with van der Waals surface area (Å²) in [4.78, 5) is 4.23. The number of aromatic nitrogens is 1. The van der Waals surface area contributed by atoms with E-state index in [1.54, 1.807) is 7.11 Å². The molecule has 72 valence electrons. The number of methoxy groups -OCH3 is 1. The van der Waals surface area contributed by atoms with Crippen molar-refractivity contribution >= 4 is 0 Å². The number of nitrogens with zero attached hydrogens (tertiary/aromatic N) is 1. The van der Waals surface area contributed by atoms with Crippen molar-refractivity contribution in [1.29, 1.82) is 0 Å². The standard InChI is InChI=1S/C11H17NO/c1-4-5-6-10-7-9(2)11(13-3)12-8-10/h7-8H,4-6H2,1-3H3. The Kier molecular flexibility index (Phi) is 3.74. The van der Waals surface area contributed by atoms with Gasteiger partial charge >= 0.3 is 0 Å². The highest BCUT2D eigenvalue weighted by Gasteiger charge is 2.00. The molecule has 0 bridgehead atoms. The van der Waals surface area contributed by atoms with Crippen LogP contribution in [0.2, 0.25) is 0 Å². The first kappa shape index (κ1) is 10.0. The van der Waals surface area contributed by atoms with Gasteiger partial charge in [-0.15, -0.1) is 0 Å². The van der Waals surface area contributed by atoms with Crippen LogP contribution in [-0.2, 0) is 6.42 Å². The number of pyridine rings is 1. The molecular formula is C11H17NO. The summed E-state index contributed by atoms with van der Waals surface area (Å²) in [5.41, 5.74) is 2.43. The van der Waals surface area contributed by atoms with Crippen molar-refractivity contribution < 1.29 is 4.74 Å². The van der Waals surface area contributed by atoms with Crippen molar-refractivity contribution in [3.8, 4) is 5.88 Å². The summed E-state index contributed by atoms with van der Waals surface area (Å²) in [5, 5.41) is 0. The molecule has 0 fully saturated rings. The van der Waals surface area contributed by atoms with Gasteiger partial charge in [0.05, 0.1) is 7.11 Å². The lowest BCUT2D eigenvalue weighted by molar-refractivity contribution is 0.394. The number of hydrogen-bond acceptors (Lipinski definition) is 2. The minimum absolute atomic E-state index is 0.736. The average molecular weight is 179 g/mol. The maximum absolute atomic E-state index is 5.09. The van der Waals surface area contributed by atoms with Crippen LogP contribution in [0.25, 0.3) is 0 Å². The maximum atomic E-state index is 5.09. The summed E-state index contributed by atoms with van der Waals surface area (Å²) < 4.78 is 5.09. The monoisotopic (exact) mass is 179 g/mol. The molecule has 0 N–H and O–H groups in total. The number of unbranched alkanes of at least 4 members (excludes halogenated alkanes) is 1. The fraction of sp³-hybridized carbons (Fsp3) is 0.545. The van der Waals surface area contributed by atoms with Gasteiger partial charge in [0.15, 0.2) is 0 Å². The Hall–Kier alpha value is -1.05. The topological polar surface area (TPSA) is 22.1 Å². The summed E-state index contributed by atoms with van der Waals surface area (Å²) in [6.07, 6.45) is 5.48. The fourth-order valence-electron chi connectivity index (χ4n) is 1.35. The Morgan fingerprint density at radius 1 is 1.46 bits per heavy atom. The molecule has 1 aromatic rings. The summed E-state index contributed by atoms with van der Waals surface area (Å²) in [5.74, 6) is 0.736. The van der Waals surface area contributed by atoms with E-state index in [1.807, 2.05) is 13.1 Å². The first-order valence-corrected chi connectivity index (χ1v) is 4.77. The van der Waals surface area contributed by atoms with Gasteiger partial charge < -0.3 is 4.74 Å². The third kappa shape index (κ3) is 2.72. The molecule has 0 aromatic carbocycles. The normalized spacial score (nSPS) is 10.1. The van der Waals surface area contributed by atoms with Crippen LogP contribution in [0.4, 0.5) is 0 Å². The van der Waals surface area contributed by atoms with Crippen LogP contribution in [0, 0.1) is 6.92 Å². The second kappa shape index (κ2) is 4.85. The quantitative estimate of drug-likeness (QED) is 0.709. The van der Waals surface area contributed by atoms with Gasteiger partial charge in [-0.25, -0.2) is 4.98 Å². The zero-order valence-corrected chi connectivity index (χ0v) is 8.63. The van der Waals surface area contributed by atoms with Crippen LogP contribution < -0.4 is 4.74 Å². The number of ether oxygens (including phenoxy) is 1. The molecule has 1 heterocycles. The highest BCUT2D eigenvalue weighted by Crippen LogP contribution is 2.15. The molecule has 0 aliphatic carbocycles. The minimum Gasteiger partial charge on any atom is -0.481 e. The Morgan fingerprint density at radius 3 is 2.77 bits per heavy atom. The second-order valence-electron chi connectivity index (χ2n) is 3.27. The maximum Gasteiger partial charge on any atom is 0.215 e. The first-order chi connectivity index (χ1) is 6.27. The molecule has 1 aromatic heterocycles. The molecule has 2 nitrogen and oxygen atoms in total. The van der Waals surface area contributed by atoms with Gasteiger partial charge in [-0.05, 0) is 31.4 Å². The van der Waals surface area contributed by atoms with E-state index in [2.05, 4.69) is 18.0 Å². The first-order valence-electron chi connectivity index (χ1n) is 4.77. The van der Waals surface area contributed by atoms with E-state index in [-0.39, 0.29) is 0 Å². The Morgan fingerprint density at radius 2 is 2.23 bits per heavy atom. The summed E-state index contributed by atoms with van der Waals surface area (Å²) >= 11 is 0. The van der Waals surface area contributed by atoms with Crippen molar-refractivity contribution in [2.75, 3.05) is 7.11 Å². The van der Waals surface area contributed by atoms with E-state index in [4.69, 9.17) is 4.74 Å². The zero-order valence-electron chi connectivity index (χ0n) is 8.63. The van der Waals surface area contributed by atoms with E-state index in [9.17, 15) is 0 Å². The van der Waals surface area contributed by atoms with Crippen molar-refractivity contribution in [2.45, 2.75) is 33.1 Å². The van der Waals surface area contributed by atoms with Gasteiger partial charge in [-0.2, -0.15) is 0 Å². The van der Waals surface area contributed by atoms with E-state index in [0.717, 1.165) is 17.9 Å². The molecule has 0 radical (unpaired) electrons. The molecule has 1 rings (SSSR count). The number of hydrogen-bond donors (Lipinski definition) is 0. The zero-order chi connectivity index (χ0) is 9.68. The van der Waals surface area contributed by atoms with Gasteiger partial charge in [-0.1, -0.05) is 13.3 Å². The molecule has 0 spiro atoms. The molecule has 13 heavy (non-hydrogen) atoms. The van der Waals surface area contributed by atoms with E-state index in [0.29, 0.717) is 0 Å². The van der Waals surface area contributed by atoms with Crippen LogP contribution in [0.3, 0.4) is 0 Å². The highest BCUT2D eigenvalue weighted by molar-refractivity contribution is 5.28. The predicted octanol–water partition coefficient (Wildman–Crippen LogP) is 2.74. The minimum atomic E-state index is 0.736. The van der Waals surface area contributed by atoms with E-state index in [1.165, 1.54) is 18.4 Å². The molecule has 0 amide bonds. The van der Waals surface area contributed by atoms with Crippen molar-refractivity contribution in [3.63, 3.8) is 0 Å². The van der Waals surface area contributed by atoms with Gasteiger partial charge in [0.1, 0.15) is 0 Å². The van der Waals surface area contributed by atoms with E-state index < -0.39 is 0 Å². The Balaban J connectivity index is 2.71. The van der Waals surface area contributed by atoms with Gasteiger partial charge in [0.25, 0.3) is 0 Å². The second-order valence-corrected chi connectivity index (χ2v) is 3.27. The summed E-state index contributed by atoms with van der Waals surface area (Å²) in [6, 6.07) is 2.15. The average Bonchev–Trinajstić information content (AvgIpc) is 2.15. The van der Waals surface area contributed by atoms with Crippen molar-refractivity contribution in [2.24, 2.45) is 0 Å². The smallest absolute Gasteiger partial charge is 0.215 e. The molecule has 0 aliphatic rings. The Bertz CT molecular complexity index is 271. The van der Waals surface area contributed by atoms with Crippen molar-refractivity contribution in [3.05, 3.63) is 23.4 Å². The van der Waals surface area contributed by atoms with Crippen molar-refractivity contribution in [1.82, 2.24) is 4.98 Å². The summed E-state index contributed by atoms with van der Waals surface area (Å²) in [7, 11) is 1.65. The molecule has 2 heteroatoms. The van der Waals surface area contributed by atoms with E-state index >= 15 is 0 Å². The lowest BCUT2D eigenvalue weighted by Gasteiger charge is -2.05. The van der Waals surface area contributed by atoms with Crippen LogP contribution in [-0.4, -0.2) is 12.1 Å². The fourth-order valence-corrected chi connectivity index (χ4v) is 1.35. The Labute approximate surface area is 80.0 Å². The largest absolute Gasteiger partial charge is 0.481 e. The SMILES string of the molecule is CCCCc1cnc(OC)c(C)c1. The number of rotatable bonds is 4. The van der Waals surface area contributed by atoms with Gasteiger partial charge in [-0.3, -0.25) is 0 Å². The summed E-state index contributed by atoms with van der Waals surface area (Å²) in [6.45, 7) is 4.23. The van der Waals surface area contributed by atoms with Gasteiger partial charge in [0, 0.05) is 11.8 Å². The lowest BCUT2D eigenvalue weighted by atomic mass is 10.1. The molecular weight excluding hydrogens is 162 g/mol. The third-order valence-electron chi connectivity index (χ3n) is 2.10. The lowest BCUT2D eigenvalue weighted by Crippen LogP contribution is -1.94.